The molecule has 4 nitrogen and oxygen atoms in total. The molecule has 9 heteroatoms. The van der Waals surface area contributed by atoms with Gasteiger partial charge < -0.3 is 10.5 Å². The molecule has 1 aliphatic heterocycles. The highest BCUT2D eigenvalue weighted by Crippen LogP contribution is 2.41. The average Bonchev–Trinajstić information content (AvgIpc) is 2.71. The number of hydrogen-bond donors (Lipinski definition) is 1. The van der Waals surface area contributed by atoms with Crippen LogP contribution < -0.4 is 10.5 Å². The topological polar surface area (TPSA) is 51.4 Å². The lowest BCUT2D eigenvalue weighted by atomic mass is 9.93. The highest BCUT2D eigenvalue weighted by atomic mass is 19.4. The number of likely N-dealkylation sites (N-methyl/N-ethyl adjacent to an activating group) is 1. The largest absolute Gasteiger partial charge is 0.434 e. The van der Waals surface area contributed by atoms with E-state index in [0.29, 0.717) is 29.4 Å². The van der Waals surface area contributed by atoms with E-state index in [9.17, 15) is 22.0 Å². The molecule has 3 rings (SSSR count). The fraction of sp³-hybridized carbons (Fsp3) is 0.278. The second-order valence-corrected chi connectivity index (χ2v) is 6.09. The van der Waals surface area contributed by atoms with Crippen LogP contribution in [0.4, 0.5) is 22.0 Å². The second kappa shape index (κ2) is 7.15. The Morgan fingerprint density at radius 3 is 2.63 bits per heavy atom. The van der Waals surface area contributed by atoms with E-state index in [1.54, 1.807) is 24.1 Å². The quantitative estimate of drug-likeness (QED) is 0.811. The van der Waals surface area contributed by atoms with Crippen LogP contribution in [0, 0.1) is 0 Å². The number of hydrogen-bond acceptors (Lipinski definition) is 4. The van der Waals surface area contributed by atoms with E-state index >= 15 is 0 Å². The van der Waals surface area contributed by atoms with Crippen molar-refractivity contribution in [1.82, 2.24) is 9.88 Å². The molecule has 0 fully saturated rings. The number of nitrogens with zero attached hydrogens (tertiary/aromatic N) is 2. The molecule has 0 amide bonds. The van der Waals surface area contributed by atoms with Crippen LogP contribution in [0.1, 0.15) is 28.3 Å². The molecule has 0 saturated carbocycles. The first-order valence-electron chi connectivity index (χ1n) is 7.94. The zero-order valence-corrected chi connectivity index (χ0v) is 14.2. The van der Waals surface area contributed by atoms with Gasteiger partial charge in [0.05, 0.1) is 11.6 Å². The first-order chi connectivity index (χ1) is 12.7. The lowest BCUT2D eigenvalue weighted by molar-refractivity contribution is -0.138. The van der Waals surface area contributed by atoms with Crippen molar-refractivity contribution in [3.8, 4) is 5.75 Å². The molecule has 0 bridgehead atoms. The molecule has 0 spiro atoms. The van der Waals surface area contributed by atoms with Gasteiger partial charge in [-0.1, -0.05) is 6.07 Å². The maximum absolute atomic E-state index is 13.0. The molecule has 1 aliphatic rings. The molecular formula is C18H16F5N3O. The summed E-state index contributed by atoms with van der Waals surface area (Å²) in [7, 11) is 1.72. The minimum atomic E-state index is -4.68. The summed E-state index contributed by atoms with van der Waals surface area (Å²) in [6.45, 7) is -2.90. The Morgan fingerprint density at radius 1 is 1.22 bits per heavy atom. The summed E-state index contributed by atoms with van der Waals surface area (Å²) in [6.07, 6.45) is 0.0984. The normalized spacial score (nSPS) is 18.0. The Hall–Kier alpha value is -2.68. The molecule has 1 unspecified atom stereocenters. The van der Waals surface area contributed by atoms with Crippen molar-refractivity contribution in [2.75, 3.05) is 13.6 Å². The third-order valence-corrected chi connectivity index (χ3v) is 4.35. The van der Waals surface area contributed by atoms with E-state index in [4.69, 9.17) is 5.73 Å². The third kappa shape index (κ3) is 3.87. The molecule has 2 N–H and O–H groups in total. The number of halogens is 5. The predicted molar refractivity (Wildman–Crippen MR) is 89.0 cm³/mol. The minimum Gasteiger partial charge on any atom is -0.434 e. The zero-order chi connectivity index (χ0) is 19.8. The van der Waals surface area contributed by atoms with E-state index in [1.807, 2.05) is 0 Å². The van der Waals surface area contributed by atoms with E-state index in [0.717, 1.165) is 12.1 Å². The van der Waals surface area contributed by atoms with Crippen molar-refractivity contribution in [2.24, 2.45) is 5.73 Å². The summed E-state index contributed by atoms with van der Waals surface area (Å²) in [4.78, 5) is 5.80. The van der Waals surface area contributed by atoms with Gasteiger partial charge in [0.1, 0.15) is 5.75 Å². The van der Waals surface area contributed by atoms with Crippen LogP contribution in [-0.2, 0) is 6.18 Å². The van der Waals surface area contributed by atoms with Crippen LogP contribution >= 0.6 is 0 Å². The fourth-order valence-corrected chi connectivity index (χ4v) is 3.12. The molecule has 1 atom stereocenters. The average molecular weight is 385 g/mol. The maximum Gasteiger partial charge on any atom is 0.416 e. The summed E-state index contributed by atoms with van der Waals surface area (Å²) in [6, 6.07) is 3.62. The second-order valence-electron chi connectivity index (χ2n) is 6.09. The Balaban J connectivity index is 2.18. The van der Waals surface area contributed by atoms with Gasteiger partial charge >= 0.3 is 12.8 Å². The number of aromatic nitrogens is 1. The zero-order valence-electron chi connectivity index (χ0n) is 14.2. The van der Waals surface area contributed by atoms with Gasteiger partial charge in [0, 0.05) is 35.8 Å². The molecule has 0 aliphatic carbocycles. The van der Waals surface area contributed by atoms with E-state index < -0.39 is 30.1 Å². The van der Waals surface area contributed by atoms with Gasteiger partial charge in [0.2, 0.25) is 0 Å². The number of rotatable bonds is 3. The summed E-state index contributed by atoms with van der Waals surface area (Å²) >= 11 is 0. The van der Waals surface area contributed by atoms with Crippen LogP contribution in [0.25, 0.3) is 5.70 Å². The highest BCUT2D eigenvalue weighted by molar-refractivity contribution is 5.67. The van der Waals surface area contributed by atoms with Gasteiger partial charge in [-0.3, -0.25) is 9.88 Å². The number of alkyl halides is 5. The molecule has 27 heavy (non-hydrogen) atoms. The summed E-state index contributed by atoms with van der Waals surface area (Å²) in [5.74, 6) is -0.528. The van der Waals surface area contributed by atoms with Gasteiger partial charge in [-0.25, -0.2) is 0 Å². The molecule has 2 heterocycles. The molecule has 0 saturated heterocycles. The van der Waals surface area contributed by atoms with E-state index in [1.165, 1.54) is 12.4 Å². The molecule has 0 radical (unpaired) electrons. The van der Waals surface area contributed by atoms with Crippen molar-refractivity contribution in [1.29, 1.82) is 0 Å². The summed E-state index contributed by atoms with van der Waals surface area (Å²) in [5, 5.41) is 0. The van der Waals surface area contributed by atoms with Crippen molar-refractivity contribution in [3.05, 3.63) is 65.0 Å². The smallest absolute Gasteiger partial charge is 0.416 e. The summed E-state index contributed by atoms with van der Waals surface area (Å²) in [5.41, 5.74) is 6.84. The van der Waals surface area contributed by atoms with Crippen LogP contribution in [0.15, 0.2) is 42.7 Å². The van der Waals surface area contributed by atoms with Crippen LogP contribution in [0.5, 0.6) is 5.75 Å². The highest BCUT2D eigenvalue weighted by Gasteiger charge is 2.34. The van der Waals surface area contributed by atoms with Crippen LogP contribution in [0.3, 0.4) is 0 Å². The van der Waals surface area contributed by atoms with Crippen molar-refractivity contribution in [2.45, 2.75) is 18.8 Å². The minimum absolute atomic E-state index is 0.182. The van der Waals surface area contributed by atoms with Gasteiger partial charge in [-0.15, -0.1) is 0 Å². The molecule has 144 valence electrons. The first kappa shape index (κ1) is 19.1. The van der Waals surface area contributed by atoms with Gasteiger partial charge in [0.25, 0.3) is 0 Å². The van der Waals surface area contributed by atoms with Gasteiger partial charge in [0.15, 0.2) is 0 Å². The number of nitrogens with two attached hydrogens (primary N) is 1. The number of fused-ring (bicyclic) bond motifs is 1. The van der Waals surface area contributed by atoms with E-state index in [-0.39, 0.29) is 5.56 Å². The molecular weight excluding hydrogens is 369 g/mol. The lowest BCUT2D eigenvalue weighted by Crippen LogP contribution is -2.26. The van der Waals surface area contributed by atoms with Gasteiger partial charge in [-0.05, 0) is 36.9 Å². The van der Waals surface area contributed by atoms with Crippen LogP contribution in [-0.4, -0.2) is 30.1 Å². The van der Waals surface area contributed by atoms with Crippen molar-refractivity contribution >= 4 is 5.70 Å². The Kier molecular flexibility index (Phi) is 5.05. The Bertz CT molecular complexity index is 866. The van der Waals surface area contributed by atoms with Crippen molar-refractivity contribution in [3.63, 3.8) is 0 Å². The lowest BCUT2D eigenvalue weighted by Gasteiger charge is -2.29. The molecule has 2 aromatic rings. The third-order valence-electron chi connectivity index (χ3n) is 4.35. The molecule has 1 aromatic carbocycles. The standard InChI is InChI=1S/C18H16F5N3O/c1-26-7-5-14(24)13-9-25-6-4-11(13)16(26)12-3-2-10(18(21,22)23)8-15(12)27-17(19)20/h2-6,8-9,16-17H,7,24H2,1H3. The number of pyridine rings is 1. The number of ether oxygens (including phenoxy) is 1. The van der Waals surface area contributed by atoms with Gasteiger partial charge in [-0.2, -0.15) is 22.0 Å². The van der Waals surface area contributed by atoms with Crippen molar-refractivity contribution < 1.29 is 26.7 Å². The predicted octanol–water partition coefficient (Wildman–Crippen LogP) is 4.04. The number of benzene rings is 1. The SMILES string of the molecule is CN1CC=C(N)c2cnccc2C1c1ccc(C(F)(F)F)cc1OC(F)F. The monoisotopic (exact) mass is 385 g/mol. The Labute approximate surface area is 152 Å². The molecule has 1 aromatic heterocycles. The van der Waals surface area contributed by atoms with E-state index in [2.05, 4.69) is 9.72 Å². The fourth-order valence-electron chi connectivity index (χ4n) is 3.12. The Morgan fingerprint density at radius 2 is 1.96 bits per heavy atom. The maximum atomic E-state index is 13.0. The summed E-state index contributed by atoms with van der Waals surface area (Å²) < 4.78 is 69.3. The first-order valence-corrected chi connectivity index (χ1v) is 7.94. The van der Waals surface area contributed by atoms with Crippen LogP contribution in [0.2, 0.25) is 0 Å².